The first-order chi connectivity index (χ1) is 13.0. The highest BCUT2D eigenvalue weighted by atomic mass is 19.1. The molecule has 1 fully saturated rings. The highest BCUT2D eigenvalue weighted by Crippen LogP contribution is 2.17. The SMILES string of the molecule is C[C@@H](Oc1ccc(F)cc1)C(=O)Nc1ccc(C(=O)N2CCCCC2)cc1. The van der Waals surface area contributed by atoms with Crippen LogP contribution in [0.3, 0.4) is 0 Å². The maximum absolute atomic E-state index is 12.9. The number of likely N-dealkylation sites (tertiary alicyclic amines) is 1. The minimum atomic E-state index is -0.745. The van der Waals surface area contributed by atoms with Gasteiger partial charge in [0.25, 0.3) is 11.8 Å². The van der Waals surface area contributed by atoms with Gasteiger partial charge in [-0.3, -0.25) is 9.59 Å². The number of halogens is 1. The lowest BCUT2D eigenvalue weighted by Crippen LogP contribution is -2.35. The van der Waals surface area contributed by atoms with Gasteiger partial charge in [-0.25, -0.2) is 4.39 Å². The molecule has 0 radical (unpaired) electrons. The Kier molecular flexibility index (Phi) is 6.06. The fourth-order valence-electron chi connectivity index (χ4n) is 2.99. The standard InChI is InChI=1S/C21H23FN2O3/c1-15(27-19-11-7-17(22)8-12-19)20(25)23-18-9-5-16(6-10-18)21(26)24-13-3-2-4-14-24/h5-12,15H,2-4,13-14H2,1H3,(H,23,25)/t15-/m1/s1. The molecule has 0 bridgehead atoms. The lowest BCUT2D eigenvalue weighted by atomic mass is 10.1. The Morgan fingerprint density at radius 3 is 2.26 bits per heavy atom. The second-order valence-electron chi connectivity index (χ2n) is 6.63. The zero-order chi connectivity index (χ0) is 19.2. The van der Waals surface area contributed by atoms with Crippen molar-refractivity contribution in [1.82, 2.24) is 4.90 Å². The van der Waals surface area contributed by atoms with E-state index in [0.29, 0.717) is 17.0 Å². The molecule has 1 aliphatic rings. The molecule has 0 aromatic heterocycles. The van der Waals surface area contributed by atoms with E-state index in [1.54, 1.807) is 31.2 Å². The van der Waals surface area contributed by atoms with E-state index < -0.39 is 6.10 Å². The molecule has 6 heteroatoms. The average molecular weight is 370 g/mol. The number of hydrogen-bond acceptors (Lipinski definition) is 3. The maximum Gasteiger partial charge on any atom is 0.265 e. The van der Waals surface area contributed by atoms with E-state index in [2.05, 4.69) is 5.32 Å². The number of nitrogens with zero attached hydrogens (tertiary/aromatic N) is 1. The minimum Gasteiger partial charge on any atom is -0.481 e. The Morgan fingerprint density at radius 2 is 1.63 bits per heavy atom. The van der Waals surface area contributed by atoms with Gasteiger partial charge in [-0.1, -0.05) is 0 Å². The summed E-state index contributed by atoms with van der Waals surface area (Å²) >= 11 is 0. The summed E-state index contributed by atoms with van der Waals surface area (Å²) in [6.45, 7) is 3.22. The summed E-state index contributed by atoms with van der Waals surface area (Å²) in [4.78, 5) is 26.6. The molecule has 0 aliphatic carbocycles. The molecule has 0 saturated carbocycles. The van der Waals surface area contributed by atoms with Crippen LogP contribution in [0, 0.1) is 5.82 Å². The number of piperidine rings is 1. The van der Waals surface area contributed by atoms with E-state index in [1.165, 1.54) is 30.7 Å². The summed E-state index contributed by atoms with van der Waals surface area (Å²) in [5.41, 5.74) is 1.20. The Labute approximate surface area is 158 Å². The molecule has 3 rings (SSSR count). The van der Waals surface area contributed by atoms with Crippen LogP contribution in [0.25, 0.3) is 0 Å². The van der Waals surface area contributed by atoms with Crippen molar-refractivity contribution in [2.75, 3.05) is 18.4 Å². The summed E-state index contributed by atoms with van der Waals surface area (Å²) in [7, 11) is 0. The van der Waals surface area contributed by atoms with Crippen LogP contribution >= 0.6 is 0 Å². The van der Waals surface area contributed by atoms with Crippen LogP contribution in [-0.4, -0.2) is 35.9 Å². The predicted octanol–water partition coefficient (Wildman–Crippen LogP) is 3.86. The Morgan fingerprint density at radius 1 is 1.00 bits per heavy atom. The molecular formula is C21H23FN2O3. The topological polar surface area (TPSA) is 58.6 Å². The van der Waals surface area contributed by atoms with Crippen LogP contribution in [0.4, 0.5) is 10.1 Å². The number of carbonyl (C=O) groups is 2. The van der Waals surface area contributed by atoms with Crippen LogP contribution in [0.2, 0.25) is 0 Å². The fraction of sp³-hybridized carbons (Fsp3) is 0.333. The third-order valence-electron chi connectivity index (χ3n) is 4.54. The van der Waals surface area contributed by atoms with Crippen molar-refractivity contribution in [3.63, 3.8) is 0 Å². The number of ether oxygens (including phenoxy) is 1. The first-order valence-electron chi connectivity index (χ1n) is 9.15. The summed E-state index contributed by atoms with van der Waals surface area (Å²) in [5.74, 6) is -0.241. The molecule has 0 unspecified atom stereocenters. The van der Waals surface area contributed by atoms with Gasteiger partial charge in [-0.2, -0.15) is 0 Å². The van der Waals surface area contributed by atoms with E-state index in [0.717, 1.165) is 25.9 Å². The van der Waals surface area contributed by atoms with Gasteiger partial charge in [0.15, 0.2) is 6.10 Å². The molecule has 1 aliphatic heterocycles. The van der Waals surface area contributed by atoms with Crippen molar-refractivity contribution >= 4 is 17.5 Å². The third kappa shape index (κ3) is 5.06. The Hall–Kier alpha value is -2.89. The Bertz CT molecular complexity index is 784. The highest BCUT2D eigenvalue weighted by molar-refractivity contribution is 5.96. The number of benzene rings is 2. The van der Waals surface area contributed by atoms with Crippen molar-refractivity contribution in [1.29, 1.82) is 0 Å². The van der Waals surface area contributed by atoms with Crippen molar-refractivity contribution in [2.24, 2.45) is 0 Å². The number of rotatable bonds is 5. The number of anilines is 1. The molecular weight excluding hydrogens is 347 g/mol. The number of amides is 2. The average Bonchev–Trinajstić information content (AvgIpc) is 2.70. The summed E-state index contributed by atoms with van der Waals surface area (Å²) in [6.07, 6.45) is 2.52. The lowest BCUT2D eigenvalue weighted by molar-refractivity contribution is -0.122. The quantitative estimate of drug-likeness (QED) is 0.870. The predicted molar refractivity (Wildman–Crippen MR) is 101 cm³/mol. The third-order valence-corrected chi connectivity index (χ3v) is 4.54. The van der Waals surface area contributed by atoms with Gasteiger partial charge in [0.2, 0.25) is 0 Å². The monoisotopic (exact) mass is 370 g/mol. The van der Waals surface area contributed by atoms with E-state index in [-0.39, 0.29) is 17.6 Å². The maximum atomic E-state index is 12.9. The van der Waals surface area contributed by atoms with Gasteiger partial charge in [-0.05, 0) is 74.7 Å². The van der Waals surface area contributed by atoms with E-state index in [1.807, 2.05) is 4.90 Å². The molecule has 2 aromatic rings. The van der Waals surface area contributed by atoms with E-state index in [9.17, 15) is 14.0 Å². The van der Waals surface area contributed by atoms with Gasteiger partial charge in [0.05, 0.1) is 0 Å². The van der Waals surface area contributed by atoms with E-state index >= 15 is 0 Å². The second kappa shape index (κ2) is 8.66. The van der Waals surface area contributed by atoms with Gasteiger partial charge in [0, 0.05) is 24.3 Å². The zero-order valence-electron chi connectivity index (χ0n) is 15.3. The Balaban J connectivity index is 1.56. The highest BCUT2D eigenvalue weighted by Gasteiger charge is 2.19. The van der Waals surface area contributed by atoms with Crippen LogP contribution < -0.4 is 10.1 Å². The molecule has 1 saturated heterocycles. The van der Waals surface area contributed by atoms with Crippen LogP contribution in [0.1, 0.15) is 36.5 Å². The number of nitrogens with one attached hydrogen (secondary N) is 1. The first kappa shape index (κ1) is 18.9. The largest absolute Gasteiger partial charge is 0.481 e. The van der Waals surface area contributed by atoms with Gasteiger partial charge < -0.3 is 15.0 Å². The zero-order valence-corrected chi connectivity index (χ0v) is 15.3. The van der Waals surface area contributed by atoms with Crippen LogP contribution in [0.15, 0.2) is 48.5 Å². The second-order valence-corrected chi connectivity index (χ2v) is 6.63. The van der Waals surface area contributed by atoms with Crippen LogP contribution in [0.5, 0.6) is 5.75 Å². The molecule has 1 N–H and O–H groups in total. The van der Waals surface area contributed by atoms with Crippen LogP contribution in [-0.2, 0) is 4.79 Å². The molecule has 5 nitrogen and oxygen atoms in total. The molecule has 1 atom stereocenters. The number of hydrogen-bond donors (Lipinski definition) is 1. The van der Waals surface area contributed by atoms with Gasteiger partial charge >= 0.3 is 0 Å². The smallest absolute Gasteiger partial charge is 0.265 e. The molecule has 2 amide bonds. The molecule has 27 heavy (non-hydrogen) atoms. The van der Waals surface area contributed by atoms with Gasteiger partial charge in [0.1, 0.15) is 11.6 Å². The minimum absolute atomic E-state index is 0.0283. The molecule has 0 spiro atoms. The normalized spacial score (nSPS) is 15.1. The van der Waals surface area contributed by atoms with E-state index in [4.69, 9.17) is 4.74 Å². The van der Waals surface area contributed by atoms with Crippen molar-refractivity contribution in [3.8, 4) is 5.75 Å². The van der Waals surface area contributed by atoms with Crippen molar-refractivity contribution in [3.05, 3.63) is 59.9 Å². The van der Waals surface area contributed by atoms with Crippen molar-refractivity contribution in [2.45, 2.75) is 32.3 Å². The van der Waals surface area contributed by atoms with Gasteiger partial charge in [-0.15, -0.1) is 0 Å². The fourth-order valence-corrected chi connectivity index (χ4v) is 2.99. The molecule has 142 valence electrons. The molecule has 2 aromatic carbocycles. The lowest BCUT2D eigenvalue weighted by Gasteiger charge is -2.26. The summed E-state index contributed by atoms with van der Waals surface area (Å²) in [5, 5.41) is 2.76. The summed E-state index contributed by atoms with van der Waals surface area (Å²) < 4.78 is 18.4. The molecule has 1 heterocycles. The summed E-state index contributed by atoms with van der Waals surface area (Å²) in [6, 6.07) is 12.4. The first-order valence-corrected chi connectivity index (χ1v) is 9.15. The number of carbonyl (C=O) groups excluding carboxylic acids is 2. The van der Waals surface area contributed by atoms with Crippen molar-refractivity contribution < 1.29 is 18.7 Å².